The van der Waals surface area contributed by atoms with Crippen molar-refractivity contribution in [3.05, 3.63) is 77.6 Å². The van der Waals surface area contributed by atoms with E-state index in [0.717, 1.165) is 11.1 Å². The molecule has 0 saturated heterocycles. The van der Waals surface area contributed by atoms with Crippen molar-refractivity contribution in [1.82, 2.24) is 20.6 Å². The van der Waals surface area contributed by atoms with Gasteiger partial charge in [0.25, 0.3) is 0 Å². The Labute approximate surface area is 123 Å². The molecular weight excluding hydrogens is 262 g/mol. The van der Waals surface area contributed by atoms with Crippen molar-refractivity contribution in [2.45, 2.75) is 18.4 Å². The van der Waals surface area contributed by atoms with E-state index in [1.165, 1.54) is 0 Å². The quantitative estimate of drug-likeness (QED) is 0.767. The van der Waals surface area contributed by atoms with Crippen LogP contribution in [0.3, 0.4) is 0 Å². The van der Waals surface area contributed by atoms with Gasteiger partial charge in [0, 0.05) is 5.92 Å². The van der Waals surface area contributed by atoms with Gasteiger partial charge in [-0.1, -0.05) is 65.9 Å². The van der Waals surface area contributed by atoms with Gasteiger partial charge in [-0.15, -0.1) is 10.2 Å². The standard InChI is InChI=1S/C16H17N5/c1-16(17,15-18-20-21-19-15)14(12-8-4-2-5-9-12)13-10-6-3-7-11-13/h2-11,14H,17H2,1H3,(H,18,19,20,21). The number of hydrogen-bond donors (Lipinski definition) is 2. The van der Waals surface area contributed by atoms with Crippen molar-refractivity contribution < 1.29 is 0 Å². The van der Waals surface area contributed by atoms with Crippen molar-refractivity contribution in [3.63, 3.8) is 0 Å². The first-order chi connectivity index (χ1) is 10.2. The lowest BCUT2D eigenvalue weighted by Gasteiger charge is -2.32. The fourth-order valence-corrected chi connectivity index (χ4v) is 2.69. The number of rotatable bonds is 4. The van der Waals surface area contributed by atoms with Crippen molar-refractivity contribution in [2.24, 2.45) is 5.73 Å². The summed E-state index contributed by atoms with van der Waals surface area (Å²) in [6.07, 6.45) is 0. The number of benzene rings is 2. The average Bonchev–Trinajstić information content (AvgIpc) is 3.04. The second-order valence-electron chi connectivity index (χ2n) is 5.27. The highest BCUT2D eigenvalue weighted by molar-refractivity contribution is 5.37. The molecule has 3 aromatic rings. The minimum absolute atomic E-state index is 0.0579. The van der Waals surface area contributed by atoms with Crippen molar-refractivity contribution >= 4 is 0 Å². The van der Waals surface area contributed by atoms with E-state index < -0.39 is 5.54 Å². The van der Waals surface area contributed by atoms with Crippen molar-refractivity contribution in [3.8, 4) is 0 Å². The van der Waals surface area contributed by atoms with Gasteiger partial charge >= 0.3 is 0 Å². The second-order valence-corrected chi connectivity index (χ2v) is 5.27. The molecule has 21 heavy (non-hydrogen) atoms. The summed E-state index contributed by atoms with van der Waals surface area (Å²) in [6.45, 7) is 1.93. The van der Waals surface area contributed by atoms with Gasteiger partial charge in [-0.05, 0) is 18.1 Å². The lowest BCUT2D eigenvalue weighted by Crippen LogP contribution is -2.41. The first-order valence-electron chi connectivity index (χ1n) is 6.82. The van der Waals surface area contributed by atoms with Crippen molar-refractivity contribution in [1.29, 1.82) is 0 Å². The number of aromatic amines is 1. The molecule has 0 aliphatic rings. The molecule has 0 aliphatic carbocycles. The fourth-order valence-electron chi connectivity index (χ4n) is 2.69. The highest BCUT2D eigenvalue weighted by Gasteiger charge is 2.37. The topological polar surface area (TPSA) is 80.5 Å². The van der Waals surface area contributed by atoms with Crippen LogP contribution in [-0.4, -0.2) is 20.6 Å². The summed E-state index contributed by atoms with van der Waals surface area (Å²) >= 11 is 0. The third kappa shape index (κ3) is 2.55. The average molecular weight is 279 g/mol. The molecule has 2 aromatic carbocycles. The molecule has 106 valence electrons. The van der Waals surface area contributed by atoms with Crippen LogP contribution in [0.5, 0.6) is 0 Å². The smallest absolute Gasteiger partial charge is 0.194 e. The molecule has 5 heteroatoms. The molecular formula is C16H17N5. The van der Waals surface area contributed by atoms with Crippen molar-refractivity contribution in [2.75, 3.05) is 0 Å². The highest BCUT2D eigenvalue weighted by atomic mass is 15.5. The minimum atomic E-state index is -0.768. The molecule has 0 radical (unpaired) electrons. The Bertz CT molecular complexity index is 638. The number of tetrazole rings is 1. The van der Waals surface area contributed by atoms with Crippen LogP contribution in [0.2, 0.25) is 0 Å². The predicted molar refractivity (Wildman–Crippen MR) is 80.4 cm³/mol. The van der Waals surface area contributed by atoms with Crippen LogP contribution >= 0.6 is 0 Å². The van der Waals surface area contributed by atoms with Gasteiger partial charge in [-0.25, -0.2) is 0 Å². The maximum atomic E-state index is 6.61. The summed E-state index contributed by atoms with van der Waals surface area (Å²) in [5.41, 5.74) is 8.08. The highest BCUT2D eigenvalue weighted by Crippen LogP contribution is 2.37. The van der Waals surface area contributed by atoms with Crippen LogP contribution in [0.25, 0.3) is 0 Å². The molecule has 1 unspecified atom stereocenters. The Morgan fingerprint density at radius 2 is 1.48 bits per heavy atom. The summed E-state index contributed by atoms with van der Waals surface area (Å²) in [4.78, 5) is 0. The summed E-state index contributed by atoms with van der Waals surface area (Å²) < 4.78 is 0. The maximum absolute atomic E-state index is 6.61. The van der Waals surface area contributed by atoms with Crippen LogP contribution < -0.4 is 5.73 Å². The molecule has 0 amide bonds. The van der Waals surface area contributed by atoms with Gasteiger partial charge in [0.05, 0.1) is 5.54 Å². The molecule has 0 saturated carbocycles. The van der Waals surface area contributed by atoms with E-state index in [4.69, 9.17) is 5.73 Å². The molecule has 0 fully saturated rings. The number of H-pyrrole nitrogens is 1. The van der Waals surface area contributed by atoms with Crippen LogP contribution in [-0.2, 0) is 5.54 Å². The maximum Gasteiger partial charge on any atom is 0.194 e. The first-order valence-corrected chi connectivity index (χ1v) is 6.82. The van der Waals surface area contributed by atoms with Crippen LogP contribution in [0.4, 0.5) is 0 Å². The van der Waals surface area contributed by atoms with Crippen LogP contribution in [0.15, 0.2) is 60.7 Å². The molecule has 1 heterocycles. The zero-order valence-corrected chi connectivity index (χ0v) is 11.8. The lowest BCUT2D eigenvalue weighted by atomic mass is 9.76. The number of hydrogen-bond acceptors (Lipinski definition) is 4. The second kappa shape index (κ2) is 5.46. The Balaban J connectivity index is 2.13. The summed E-state index contributed by atoms with van der Waals surface area (Å²) in [7, 11) is 0. The normalized spacial score (nSPS) is 14.0. The Morgan fingerprint density at radius 1 is 0.952 bits per heavy atom. The molecule has 0 bridgehead atoms. The fraction of sp³-hybridized carbons (Fsp3) is 0.188. The first kappa shape index (κ1) is 13.5. The minimum Gasteiger partial charge on any atom is -0.318 e. The van der Waals surface area contributed by atoms with Gasteiger partial charge in [-0.2, -0.15) is 5.21 Å². The Hall–Kier alpha value is -2.53. The molecule has 5 nitrogen and oxygen atoms in total. The summed E-state index contributed by atoms with van der Waals surface area (Å²) in [6, 6.07) is 20.3. The SMILES string of the molecule is CC(N)(c1nn[nH]n1)C(c1ccccc1)c1ccccc1. The third-order valence-corrected chi connectivity index (χ3v) is 3.69. The number of nitrogens with one attached hydrogen (secondary N) is 1. The molecule has 3 rings (SSSR count). The van der Waals surface area contributed by atoms with E-state index in [2.05, 4.69) is 44.9 Å². The molecule has 0 spiro atoms. The zero-order chi connectivity index (χ0) is 14.7. The summed E-state index contributed by atoms with van der Waals surface area (Å²) in [5, 5.41) is 14.3. The number of aromatic nitrogens is 4. The van der Waals surface area contributed by atoms with E-state index in [1.807, 2.05) is 43.3 Å². The monoisotopic (exact) mass is 279 g/mol. The predicted octanol–water partition coefficient (Wildman–Crippen LogP) is 2.21. The number of nitrogens with two attached hydrogens (primary N) is 1. The molecule has 1 aromatic heterocycles. The molecule has 1 atom stereocenters. The van der Waals surface area contributed by atoms with Crippen LogP contribution in [0, 0.1) is 0 Å². The van der Waals surface area contributed by atoms with E-state index >= 15 is 0 Å². The van der Waals surface area contributed by atoms with E-state index in [9.17, 15) is 0 Å². The molecule has 0 aliphatic heterocycles. The number of nitrogens with zero attached hydrogens (tertiary/aromatic N) is 3. The van der Waals surface area contributed by atoms with E-state index in [-0.39, 0.29) is 5.92 Å². The van der Waals surface area contributed by atoms with E-state index in [0.29, 0.717) is 5.82 Å². The Morgan fingerprint density at radius 3 is 1.90 bits per heavy atom. The molecule has 3 N–H and O–H groups in total. The lowest BCUT2D eigenvalue weighted by molar-refractivity contribution is 0.406. The van der Waals surface area contributed by atoms with Gasteiger partial charge in [0.1, 0.15) is 0 Å². The van der Waals surface area contributed by atoms with Gasteiger partial charge < -0.3 is 5.73 Å². The van der Waals surface area contributed by atoms with Crippen LogP contribution in [0.1, 0.15) is 29.8 Å². The largest absolute Gasteiger partial charge is 0.318 e. The Kier molecular flexibility index (Phi) is 3.50. The van der Waals surface area contributed by atoms with E-state index in [1.54, 1.807) is 0 Å². The van der Waals surface area contributed by atoms with Gasteiger partial charge in [0.2, 0.25) is 0 Å². The zero-order valence-electron chi connectivity index (χ0n) is 11.8. The third-order valence-electron chi connectivity index (χ3n) is 3.69. The van der Waals surface area contributed by atoms with Gasteiger partial charge in [-0.3, -0.25) is 0 Å². The van der Waals surface area contributed by atoms with Gasteiger partial charge in [0.15, 0.2) is 5.82 Å². The summed E-state index contributed by atoms with van der Waals surface area (Å²) in [5.74, 6) is 0.442.